The van der Waals surface area contributed by atoms with Gasteiger partial charge >= 0.3 is 0 Å². The van der Waals surface area contributed by atoms with E-state index in [1.54, 1.807) is 23.1 Å². The fourth-order valence-electron chi connectivity index (χ4n) is 1.33. The molecule has 92 valence electrons. The van der Waals surface area contributed by atoms with Crippen LogP contribution in [0.2, 0.25) is 0 Å². The smallest absolute Gasteiger partial charge is 0.210 e. The van der Waals surface area contributed by atoms with E-state index in [4.69, 9.17) is 0 Å². The van der Waals surface area contributed by atoms with Crippen LogP contribution in [0.1, 0.15) is 12.5 Å². The normalized spacial score (nSPS) is 9.67. The molecule has 0 spiro atoms. The molecule has 0 radical (unpaired) electrons. The van der Waals surface area contributed by atoms with E-state index in [0.29, 0.717) is 0 Å². The number of rotatable bonds is 4. The van der Waals surface area contributed by atoms with Crippen molar-refractivity contribution in [2.45, 2.75) is 18.2 Å². The third kappa shape index (κ3) is 3.76. The predicted octanol–water partition coefficient (Wildman–Crippen LogP) is 3.71. The third-order valence-corrected chi connectivity index (χ3v) is 3.97. The van der Waals surface area contributed by atoms with Crippen molar-refractivity contribution in [3.05, 3.63) is 29.8 Å². The molecule has 0 aliphatic heterocycles. The Morgan fingerprint density at radius 2 is 2.28 bits per heavy atom. The van der Waals surface area contributed by atoms with E-state index in [2.05, 4.69) is 46.4 Å². The molecular formula is C13H13N3S2. The first-order valence-corrected chi connectivity index (χ1v) is 7.28. The largest absolute Gasteiger partial charge is 0.330 e. The van der Waals surface area contributed by atoms with E-state index in [1.807, 2.05) is 19.1 Å². The quantitative estimate of drug-likeness (QED) is 0.682. The number of nitrogens with zero attached hydrogens (tertiary/aromatic N) is 2. The molecular weight excluding hydrogens is 262 g/mol. The van der Waals surface area contributed by atoms with Gasteiger partial charge in [-0.2, -0.15) is 0 Å². The number of aryl methyl sites for hydroxylation is 1. The van der Waals surface area contributed by atoms with Crippen LogP contribution in [-0.4, -0.2) is 16.0 Å². The van der Waals surface area contributed by atoms with E-state index in [1.165, 1.54) is 5.56 Å². The molecule has 1 aromatic heterocycles. The summed E-state index contributed by atoms with van der Waals surface area (Å²) in [7, 11) is 0. The highest BCUT2D eigenvalue weighted by atomic mass is 32.2. The van der Waals surface area contributed by atoms with E-state index >= 15 is 0 Å². The van der Waals surface area contributed by atoms with Crippen molar-refractivity contribution in [3.8, 4) is 11.8 Å². The molecule has 0 unspecified atom stereocenters. The first kappa shape index (κ1) is 12.9. The molecule has 0 fully saturated rings. The first-order chi connectivity index (χ1) is 8.78. The number of hydrogen-bond acceptors (Lipinski definition) is 5. The maximum atomic E-state index is 4.11. The second-order valence-corrected chi connectivity index (χ2v) is 5.78. The first-order valence-electron chi connectivity index (χ1n) is 5.47. The SMILES string of the molecule is CC#CCSc1nnc(Nc2cccc(C)c2)s1. The molecule has 2 rings (SSSR count). The average molecular weight is 275 g/mol. The molecule has 0 saturated heterocycles. The van der Waals surface area contributed by atoms with Gasteiger partial charge in [0.25, 0.3) is 0 Å². The van der Waals surface area contributed by atoms with Crippen LogP contribution in [-0.2, 0) is 0 Å². The van der Waals surface area contributed by atoms with Gasteiger partial charge in [0.1, 0.15) is 0 Å². The van der Waals surface area contributed by atoms with Gasteiger partial charge in [-0.1, -0.05) is 41.2 Å². The molecule has 0 aliphatic rings. The fourth-order valence-corrected chi connectivity index (χ4v) is 2.92. The molecule has 0 amide bonds. The average Bonchev–Trinajstić information content (AvgIpc) is 2.77. The van der Waals surface area contributed by atoms with E-state index < -0.39 is 0 Å². The molecule has 2 aromatic rings. The molecule has 1 N–H and O–H groups in total. The number of benzene rings is 1. The van der Waals surface area contributed by atoms with Gasteiger partial charge < -0.3 is 5.32 Å². The summed E-state index contributed by atoms with van der Waals surface area (Å²) < 4.78 is 0.938. The molecule has 5 heteroatoms. The Morgan fingerprint density at radius 1 is 1.39 bits per heavy atom. The van der Waals surface area contributed by atoms with Crippen LogP contribution >= 0.6 is 23.1 Å². The summed E-state index contributed by atoms with van der Waals surface area (Å²) in [6, 6.07) is 8.18. The number of nitrogens with one attached hydrogen (secondary N) is 1. The summed E-state index contributed by atoms with van der Waals surface area (Å²) in [5, 5.41) is 12.3. The van der Waals surface area contributed by atoms with Crippen molar-refractivity contribution in [1.82, 2.24) is 10.2 Å². The molecule has 0 bridgehead atoms. The third-order valence-electron chi connectivity index (χ3n) is 2.12. The summed E-state index contributed by atoms with van der Waals surface area (Å²) in [5.74, 6) is 6.61. The molecule has 0 atom stereocenters. The van der Waals surface area contributed by atoms with E-state index in [0.717, 1.165) is 20.9 Å². The number of thioether (sulfide) groups is 1. The lowest BCUT2D eigenvalue weighted by Gasteiger charge is -2.01. The van der Waals surface area contributed by atoms with Gasteiger partial charge in [0, 0.05) is 5.69 Å². The van der Waals surface area contributed by atoms with Crippen molar-refractivity contribution in [2.75, 3.05) is 11.1 Å². The van der Waals surface area contributed by atoms with Crippen LogP contribution in [0.4, 0.5) is 10.8 Å². The van der Waals surface area contributed by atoms with Gasteiger partial charge in [-0.3, -0.25) is 0 Å². The van der Waals surface area contributed by atoms with Crippen LogP contribution in [0, 0.1) is 18.8 Å². The van der Waals surface area contributed by atoms with Crippen LogP contribution in [0.15, 0.2) is 28.6 Å². The van der Waals surface area contributed by atoms with Crippen molar-refractivity contribution >= 4 is 33.9 Å². The van der Waals surface area contributed by atoms with Gasteiger partial charge in [0.05, 0.1) is 5.75 Å². The summed E-state index contributed by atoms with van der Waals surface area (Å²) in [6.07, 6.45) is 0. The second kappa shape index (κ2) is 6.43. The zero-order chi connectivity index (χ0) is 12.8. The summed E-state index contributed by atoms with van der Waals surface area (Å²) >= 11 is 3.16. The Kier molecular flexibility index (Phi) is 4.62. The Morgan fingerprint density at radius 3 is 3.06 bits per heavy atom. The topological polar surface area (TPSA) is 37.8 Å². The zero-order valence-electron chi connectivity index (χ0n) is 10.2. The van der Waals surface area contributed by atoms with E-state index in [-0.39, 0.29) is 0 Å². The lowest BCUT2D eigenvalue weighted by molar-refractivity contribution is 1.01. The summed E-state index contributed by atoms with van der Waals surface area (Å²) in [5.41, 5.74) is 2.26. The second-order valence-electron chi connectivity index (χ2n) is 3.58. The van der Waals surface area contributed by atoms with E-state index in [9.17, 15) is 0 Å². The van der Waals surface area contributed by atoms with Crippen molar-refractivity contribution in [1.29, 1.82) is 0 Å². The predicted molar refractivity (Wildman–Crippen MR) is 78.5 cm³/mol. The molecule has 0 aliphatic carbocycles. The zero-order valence-corrected chi connectivity index (χ0v) is 11.9. The van der Waals surface area contributed by atoms with Gasteiger partial charge in [-0.25, -0.2) is 0 Å². The van der Waals surface area contributed by atoms with Crippen LogP contribution < -0.4 is 5.32 Å². The molecule has 0 saturated carbocycles. The molecule has 18 heavy (non-hydrogen) atoms. The molecule has 1 aromatic carbocycles. The van der Waals surface area contributed by atoms with Gasteiger partial charge in [-0.05, 0) is 31.5 Å². The molecule has 3 nitrogen and oxygen atoms in total. The number of aromatic nitrogens is 2. The lowest BCUT2D eigenvalue weighted by Crippen LogP contribution is -1.89. The van der Waals surface area contributed by atoms with Gasteiger partial charge in [-0.15, -0.1) is 16.1 Å². The van der Waals surface area contributed by atoms with Crippen LogP contribution in [0.25, 0.3) is 0 Å². The highest BCUT2D eigenvalue weighted by molar-refractivity contribution is 8.01. The summed E-state index contributed by atoms with van der Waals surface area (Å²) in [6.45, 7) is 3.90. The van der Waals surface area contributed by atoms with Gasteiger partial charge in [0.2, 0.25) is 5.13 Å². The van der Waals surface area contributed by atoms with Crippen LogP contribution in [0.3, 0.4) is 0 Å². The monoisotopic (exact) mass is 275 g/mol. The van der Waals surface area contributed by atoms with Gasteiger partial charge in [0.15, 0.2) is 4.34 Å². The van der Waals surface area contributed by atoms with Crippen molar-refractivity contribution in [2.24, 2.45) is 0 Å². The van der Waals surface area contributed by atoms with Crippen molar-refractivity contribution in [3.63, 3.8) is 0 Å². The minimum atomic E-state index is 0.760. The van der Waals surface area contributed by atoms with Crippen LogP contribution in [0.5, 0.6) is 0 Å². The summed E-state index contributed by atoms with van der Waals surface area (Å²) in [4.78, 5) is 0. The number of anilines is 2. The standard InChI is InChI=1S/C13H13N3S2/c1-3-4-8-17-13-16-15-12(18-13)14-11-7-5-6-10(2)9-11/h5-7,9H,8H2,1-2H3,(H,14,15). The minimum absolute atomic E-state index is 0.760. The van der Waals surface area contributed by atoms with Crippen molar-refractivity contribution < 1.29 is 0 Å². The maximum Gasteiger partial charge on any atom is 0.210 e. The minimum Gasteiger partial charge on any atom is -0.330 e. The Hall–Kier alpha value is -1.51. The molecule has 1 heterocycles. The fraction of sp³-hybridized carbons (Fsp3) is 0.231. The Balaban J connectivity index is 1.99. The lowest BCUT2D eigenvalue weighted by atomic mass is 10.2. The highest BCUT2D eigenvalue weighted by Crippen LogP contribution is 2.27. The maximum absolute atomic E-state index is 4.11. The number of hydrogen-bond donors (Lipinski definition) is 1. The Labute approximate surface area is 115 Å². The highest BCUT2D eigenvalue weighted by Gasteiger charge is 2.04. The Bertz CT molecular complexity index is 581.